The molecule has 1 unspecified atom stereocenters. The Morgan fingerprint density at radius 3 is 2.83 bits per heavy atom. The molecule has 1 aliphatic heterocycles. The third-order valence-electron chi connectivity index (χ3n) is 4.80. The molecule has 0 bridgehead atoms. The smallest absolute Gasteiger partial charge is 0.272 e. The van der Waals surface area contributed by atoms with Crippen LogP contribution in [0.25, 0.3) is 10.9 Å². The summed E-state index contributed by atoms with van der Waals surface area (Å²) in [5, 5.41) is 5.84. The minimum absolute atomic E-state index is 0.00919. The quantitative estimate of drug-likeness (QED) is 0.716. The zero-order valence-corrected chi connectivity index (χ0v) is 14.5. The van der Waals surface area contributed by atoms with E-state index in [0.29, 0.717) is 17.3 Å². The largest absolute Gasteiger partial charge is 0.338 e. The summed E-state index contributed by atoms with van der Waals surface area (Å²) < 4.78 is 3.86. The molecule has 0 radical (unpaired) electrons. The van der Waals surface area contributed by atoms with Gasteiger partial charge in [-0.15, -0.1) is 0 Å². The van der Waals surface area contributed by atoms with Gasteiger partial charge in [0.25, 0.3) is 5.91 Å². The van der Waals surface area contributed by atoms with Gasteiger partial charge in [-0.05, 0) is 25.0 Å². The van der Waals surface area contributed by atoms with Gasteiger partial charge in [-0.25, -0.2) is 0 Å². The van der Waals surface area contributed by atoms with Gasteiger partial charge in [-0.2, -0.15) is 5.10 Å². The number of para-hydroxylation sites is 1. The summed E-state index contributed by atoms with van der Waals surface area (Å²) in [6.45, 7) is 3.41. The average Bonchev–Trinajstić information content (AvgIpc) is 3.27. The number of nitrogens with zero attached hydrogens (tertiary/aromatic N) is 4. The molecule has 3 aromatic rings. The Kier molecular flexibility index (Phi) is 3.61. The van der Waals surface area contributed by atoms with Crippen LogP contribution in [-0.4, -0.2) is 38.2 Å². The number of amides is 1. The van der Waals surface area contributed by atoms with Gasteiger partial charge in [0.2, 0.25) is 0 Å². The molecular weight excluding hydrogens is 324 g/mol. The van der Waals surface area contributed by atoms with Crippen molar-refractivity contribution < 1.29 is 4.79 Å². The highest BCUT2D eigenvalue weighted by atomic mass is 35.5. The molecule has 1 aromatic carbocycles. The highest BCUT2D eigenvalue weighted by molar-refractivity contribution is 6.38. The van der Waals surface area contributed by atoms with E-state index in [4.69, 9.17) is 11.6 Å². The Morgan fingerprint density at radius 1 is 1.33 bits per heavy atom. The lowest BCUT2D eigenvalue weighted by molar-refractivity contribution is 0.0778. The number of hydrogen-bond acceptors (Lipinski definition) is 2. The van der Waals surface area contributed by atoms with Crippen LogP contribution in [0.2, 0.25) is 5.02 Å². The lowest BCUT2D eigenvalue weighted by Gasteiger charge is -2.17. The SMILES string of the molecule is Cc1cnn(C2CCN(C(=O)c3c(Cl)c4ccccc4n3C)C2)c1. The summed E-state index contributed by atoms with van der Waals surface area (Å²) in [4.78, 5) is 14.9. The van der Waals surface area contributed by atoms with Crippen LogP contribution in [0.4, 0.5) is 0 Å². The molecule has 1 saturated heterocycles. The Labute approximate surface area is 145 Å². The van der Waals surface area contributed by atoms with Gasteiger partial charge in [0.1, 0.15) is 5.69 Å². The van der Waals surface area contributed by atoms with Crippen molar-refractivity contribution >= 4 is 28.4 Å². The van der Waals surface area contributed by atoms with Gasteiger partial charge >= 0.3 is 0 Å². The molecule has 5 nitrogen and oxygen atoms in total. The number of fused-ring (bicyclic) bond motifs is 1. The summed E-state index contributed by atoms with van der Waals surface area (Å²) >= 11 is 6.51. The summed E-state index contributed by atoms with van der Waals surface area (Å²) in [6.07, 6.45) is 4.79. The first-order valence-corrected chi connectivity index (χ1v) is 8.47. The molecule has 1 fully saturated rings. The predicted molar refractivity (Wildman–Crippen MR) is 94.5 cm³/mol. The van der Waals surface area contributed by atoms with Crippen LogP contribution in [0.3, 0.4) is 0 Å². The van der Waals surface area contributed by atoms with E-state index in [1.165, 1.54) is 0 Å². The van der Waals surface area contributed by atoms with Crippen molar-refractivity contribution in [2.45, 2.75) is 19.4 Å². The number of aryl methyl sites for hydroxylation is 2. The van der Waals surface area contributed by atoms with Crippen LogP contribution in [0.5, 0.6) is 0 Å². The Morgan fingerprint density at radius 2 is 2.12 bits per heavy atom. The second-order valence-corrected chi connectivity index (χ2v) is 6.81. The molecule has 0 spiro atoms. The third-order valence-corrected chi connectivity index (χ3v) is 5.19. The molecule has 6 heteroatoms. The van der Waals surface area contributed by atoms with Crippen molar-refractivity contribution in [1.82, 2.24) is 19.2 Å². The number of carbonyl (C=O) groups excluding carboxylic acids is 1. The molecule has 4 rings (SSSR count). The Balaban J connectivity index is 1.63. The van der Waals surface area contributed by atoms with Crippen LogP contribution in [0.15, 0.2) is 36.7 Å². The van der Waals surface area contributed by atoms with E-state index < -0.39 is 0 Å². The fraction of sp³-hybridized carbons (Fsp3) is 0.333. The minimum atomic E-state index is -0.00919. The number of carbonyl (C=O) groups is 1. The van der Waals surface area contributed by atoms with Gasteiger partial charge in [0.05, 0.1) is 17.3 Å². The molecule has 3 heterocycles. The summed E-state index contributed by atoms with van der Waals surface area (Å²) in [7, 11) is 1.89. The molecule has 2 aromatic heterocycles. The number of aromatic nitrogens is 3. The zero-order valence-electron chi connectivity index (χ0n) is 13.7. The highest BCUT2D eigenvalue weighted by Gasteiger charge is 2.31. The topological polar surface area (TPSA) is 43.1 Å². The number of halogens is 1. The molecule has 24 heavy (non-hydrogen) atoms. The van der Waals surface area contributed by atoms with Gasteiger partial charge in [-0.1, -0.05) is 29.8 Å². The fourth-order valence-electron chi connectivity index (χ4n) is 3.51. The first kappa shape index (κ1) is 15.3. The molecular formula is C18H19ClN4O. The predicted octanol–water partition coefficient (Wildman–Crippen LogP) is 3.42. The van der Waals surface area contributed by atoms with Crippen molar-refractivity contribution in [3.8, 4) is 0 Å². The number of likely N-dealkylation sites (tertiary alicyclic amines) is 1. The molecule has 124 valence electrons. The van der Waals surface area contributed by atoms with E-state index >= 15 is 0 Å². The standard InChI is InChI=1S/C18H19ClN4O/c1-12-9-20-23(10-12)13-7-8-22(11-13)18(24)17-16(19)14-5-3-4-6-15(14)21(17)2/h3-6,9-10,13H,7-8,11H2,1-2H3. The van der Waals surface area contributed by atoms with E-state index in [1.54, 1.807) is 0 Å². The lowest BCUT2D eigenvalue weighted by atomic mass is 10.2. The van der Waals surface area contributed by atoms with Crippen LogP contribution in [0.1, 0.15) is 28.5 Å². The van der Waals surface area contributed by atoms with E-state index in [2.05, 4.69) is 5.10 Å². The van der Waals surface area contributed by atoms with E-state index in [9.17, 15) is 4.79 Å². The number of rotatable bonds is 2. The maximum Gasteiger partial charge on any atom is 0.272 e. The summed E-state index contributed by atoms with van der Waals surface area (Å²) in [6, 6.07) is 8.06. The Hall–Kier alpha value is -2.27. The molecule has 0 saturated carbocycles. The van der Waals surface area contributed by atoms with Crippen molar-refractivity contribution in [3.05, 3.63) is 52.9 Å². The summed E-state index contributed by atoms with van der Waals surface area (Å²) in [5.74, 6) is -0.00919. The number of hydrogen-bond donors (Lipinski definition) is 0. The van der Waals surface area contributed by atoms with Crippen LogP contribution < -0.4 is 0 Å². The van der Waals surface area contributed by atoms with Gasteiger partial charge < -0.3 is 9.47 Å². The Bertz CT molecular complexity index is 887. The average molecular weight is 343 g/mol. The fourth-order valence-corrected chi connectivity index (χ4v) is 3.88. The maximum absolute atomic E-state index is 13.0. The molecule has 1 amide bonds. The monoisotopic (exact) mass is 342 g/mol. The van der Waals surface area contributed by atoms with E-state index in [-0.39, 0.29) is 11.9 Å². The normalized spacial score (nSPS) is 17.8. The molecule has 1 aliphatic rings. The highest BCUT2D eigenvalue weighted by Crippen LogP contribution is 2.32. The molecule has 0 N–H and O–H groups in total. The van der Waals surface area contributed by atoms with Gasteiger partial charge in [0, 0.05) is 37.2 Å². The lowest BCUT2D eigenvalue weighted by Crippen LogP contribution is -2.30. The van der Waals surface area contributed by atoms with Crippen LogP contribution >= 0.6 is 11.6 Å². The van der Waals surface area contributed by atoms with Crippen LogP contribution in [0, 0.1) is 6.92 Å². The molecule has 1 atom stereocenters. The maximum atomic E-state index is 13.0. The van der Waals surface area contributed by atoms with Crippen LogP contribution in [-0.2, 0) is 7.05 Å². The first-order valence-electron chi connectivity index (χ1n) is 8.09. The zero-order chi connectivity index (χ0) is 16.8. The van der Waals surface area contributed by atoms with Crippen molar-refractivity contribution in [2.75, 3.05) is 13.1 Å². The van der Waals surface area contributed by atoms with Gasteiger partial charge in [0.15, 0.2) is 0 Å². The first-order chi connectivity index (χ1) is 11.6. The van der Waals surface area contributed by atoms with Crippen molar-refractivity contribution in [3.63, 3.8) is 0 Å². The minimum Gasteiger partial charge on any atom is -0.338 e. The van der Waals surface area contributed by atoms with Crippen molar-refractivity contribution in [1.29, 1.82) is 0 Å². The third kappa shape index (κ3) is 2.31. The van der Waals surface area contributed by atoms with Gasteiger partial charge in [-0.3, -0.25) is 9.48 Å². The second-order valence-electron chi connectivity index (χ2n) is 6.43. The number of benzene rings is 1. The van der Waals surface area contributed by atoms with E-state index in [0.717, 1.165) is 29.4 Å². The van der Waals surface area contributed by atoms with E-state index in [1.807, 2.05) is 64.8 Å². The summed E-state index contributed by atoms with van der Waals surface area (Å²) in [5.41, 5.74) is 2.68. The molecule has 0 aliphatic carbocycles. The second kappa shape index (κ2) is 5.67. The van der Waals surface area contributed by atoms with Crippen molar-refractivity contribution in [2.24, 2.45) is 7.05 Å².